The number of amides is 3. The highest BCUT2D eigenvalue weighted by molar-refractivity contribution is 5.94. The van der Waals surface area contributed by atoms with Crippen LogP contribution in [0.4, 0.5) is 0 Å². The van der Waals surface area contributed by atoms with Gasteiger partial charge in [0.25, 0.3) is 0 Å². The summed E-state index contributed by atoms with van der Waals surface area (Å²) in [5.41, 5.74) is 17.1. The third-order valence-corrected chi connectivity index (χ3v) is 5.29. The molecular weight excluding hydrogens is 486 g/mol. The Morgan fingerprint density at radius 3 is 2.22 bits per heavy atom. The molecule has 0 bridgehead atoms. The number of nitrogens with one attached hydrogen (secondary N) is 4. The molecule has 0 radical (unpaired) electrons. The highest BCUT2D eigenvalue weighted by atomic mass is 16.4. The van der Waals surface area contributed by atoms with Crippen molar-refractivity contribution < 1.29 is 29.4 Å². The number of aliphatic hydroxyl groups is 1. The van der Waals surface area contributed by atoms with Crippen molar-refractivity contribution >= 4 is 29.7 Å². The molecule has 15 nitrogen and oxygen atoms in total. The minimum absolute atomic E-state index is 0.0125. The van der Waals surface area contributed by atoms with Crippen LogP contribution in [-0.2, 0) is 25.6 Å². The van der Waals surface area contributed by atoms with Gasteiger partial charge in [-0.15, -0.1) is 0 Å². The van der Waals surface area contributed by atoms with Crippen molar-refractivity contribution in [3.05, 3.63) is 18.2 Å². The molecule has 1 heterocycles. The third-order valence-electron chi connectivity index (χ3n) is 5.29. The molecule has 0 aliphatic rings. The van der Waals surface area contributed by atoms with E-state index in [1.165, 1.54) is 19.4 Å². The standard InChI is InChI=1S/C22H39N9O6/c1-11(2)7-16(30-18(33)14(23)8-13-9-26-10-28-13)19(34)31-17(12(3)32)20(35)29-15(21(36)37)5-4-6-27-22(24)25/h9-12,14-17,32H,4-8,23H2,1-3H3,(H,26,28)(H,29,35)(H,30,33)(H,31,34)(H,36,37)(H4,24,25,27). The van der Waals surface area contributed by atoms with E-state index in [0.717, 1.165) is 0 Å². The summed E-state index contributed by atoms with van der Waals surface area (Å²) >= 11 is 0. The highest BCUT2D eigenvalue weighted by Crippen LogP contribution is 2.08. The van der Waals surface area contributed by atoms with Crippen LogP contribution in [0.2, 0.25) is 0 Å². The first-order chi connectivity index (χ1) is 17.3. The number of imidazole rings is 1. The number of aromatic amines is 1. The van der Waals surface area contributed by atoms with Crippen LogP contribution in [-0.4, -0.2) is 86.6 Å². The lowest BCUT2D eigenvalue weighted by atomic mass is 10.0. The van der Waals surface area contributed by atoms with Crippen LogP contribution in [0, 0.1) is 5.92 Å². The Kier molecular flexibility index (Phi) is 13.0. The summed E-state index contributed by atoms with van der Waals surface area (Å²) in [7, 11) is 0. The van der Waals surface area contributed by atoms with Crippen molar-refractivity contribution in [1.29, 1.82) is 0 Å². The number of aromatic nitrogens is 2. The molecule has 0 saturated carbocycles. The quantitative estimate of drug-likeness (QED) is 0.0612. The van der Waals surface area contributed by atoms with Crippen LogP contribution in [0.5, 0.6) is 0 Å². The van der Waals surface area contributed by atoms with Crippen LogP contribution >= 0.6 is 0 Å². The molecule has 0 aliphatic carbocycles. The van der Waals surface area contributed by atoms with Crippen LogP contribution in [0.15, 0.2) is 17.5 Å². The molecule has 0 aromatic carbocycles. The molecule has 37 heavy (non-hydrogen) atoms. The van der Waals surface area contributed by atoms with Gasteiger partial charge in [0.2, 0.25) is 17.7 Å². The summed E-state index contributed by atoms with van der Waals surface area (Å²) < 4.78 is 0. The molecule has 0 spiro atoms. The number of H-pyrrole nitrogens is 1. The van der Waals surface area contributed by atoms with Gasteiger partial charge in [-0.1, -0.05) is 13.8 Å². The van der Waals surface area contributed by atoms with E-state index >= 15 is 0 Å². The van der Waals surface area contributed by atoms with Gasteiger partial charge in [-0.25, -0.2) is 9.78 Å². The first-order valence-electron chi connectivity index (χ1n) is 11.9. The van der Waals surface area contributed by atoms with Gasteiger partial charge in [0, 0.05) is 24.9 Å². The van der Waals surface area contributed by atoms with E-state index in [2.05, 4.69) is 30.9 Å². The number of aliphatic imine (C=N–C) groups is 1. The molecule has 208 valence electrons. The molecule has 3 amide bonds. The number of rotatable bonds is 16. The lowest BCUT2D eigenvalue weighted by molar-refractivity contribution is -0.143. The Bertz CT molecular complexity index is 916. The fraction of sp³-hybridized carbons (Fsp3) is 0.636. The topological polar surface area (TPSA) is 264 Å². The van der Waals surface area contributed by atoms with Crippen LogP contribution < -0.4 is 33.2 Å². The second kappa shape index (κ2) is 15.4. The van der Waals surface area contributed by atoms with E-state index in [-0.39, 0.29) is 44.1 Å². The van der Waals surface area contributed by atoms with E-state index < -0.39 is 54.0 Å². The zero-order valence-corrected chi connectivity index (χ0v) is 21.3. The van der Waals surface area contributed by atoms with Gasteiger partial charge in [-0.3, -0.25) is 19.4 Å². The zero-order chi connectivity index (χ0) is 28.1. The second-order valence-electron chi connectivity index (χ2n) is 9.15. The largest absolute Gasteiger partial charge is 0.480 e. The van der Waals surface area contributed by atoms with Crippen molar-refractivity contribution in [2.24, 2.45) is 28.1 Å². The van der Waals surface area contributed by atoms with Crippen molar-refractivity contribution in [1.82, 2.24) is 25.9 Å². The molecule has 5 atom stereocenters. The van der Waals surface area contributed by atoms with Gasteiger partial charge < -0.3 is 48.3 Å². The Hall–Kier alpha value is -3.72. The van der Waals surface area contributed by atoms with Gasteiger partial charge in [0.15, 0.2) is 5.96 Å². The minimum Gasteiger partial charge on any atom is -0.480 e. The zero-order valence-electron chi connectivity index (χ0n) is 21.3. The number of aliphatic carboxylic acids is 1. The summed E-state index contributed by atoms with van der Waals surface area (Å²) in [4.78, 5) is 60.5. The van der Waals surface area contributed by atoms with E-state index in [0.29, 0.717) is 5.69 Å². The lowest BCUT2D eigenvalue weighted by Crippen LogP contribution is -2.60. The normalized spacial score (nSPS) is 15.1. The molecule has 1 aromatic heterocycles. The molecule has 12 N–H and O–H groups in total. The summed E-state index contributed by atoms with van der Waals surface area (Å²) in [6.07, 6.45) is 2.29. The van der Waals surface area contributed by atoms with Crippen LogP contribution in [0.1, 0.15) is 45.7 Å². The van der Waals surface area contributed by atoms with Crippen molar-refractivity contribution in [3.8, 4) is 0 Å². The number of carboxylic acid groups (broad SMARTS) is 1. The number of guanidine groups is 1. The number of carboxylic acids is 1. The SMILES string of the molecule is CC(C)CC(NC(=O)C(N)Cc1cnc[nH]1)C(=O)NC(C(=O)NC(CCCN=C(N)N)C(=O)O)C(C)O. The molecular formula is C22H39N9O6. The average Bonchev–Trinajstić information content (AvgIpc) is 3.30. The van der Waals surface area contributed by atoms with Crippen LogP contribution in [0.3, 0.4) is 0 Å². The monoisotopic (exact) mass is 525 g/mol. The predicted octanol–water partition coefficient (Wildman–Crippen LogP) is -2.70. The van der Waals surface area contributed by atoms with Crippen molar-refractivity contribution in [2.75, 3.05) is 6.54 Å². The Labute approximate surface area is 215 Å². The number of hydrogen-bond donors (Lipinski definition) is 9. The van der Waals surface area contributed by atoms with Gasteiger partial charge in [-0.2, -0.15) is 0 Å². The Morgan fingerprint density at radius 2 is 1.70 bits per heavy atom. The van der Waals surface area contributed by atoms with E-state index in [9.17, 15) is 29.4 Å². The number of nitrogens with two attached hydrogens (primary N) is 3. The predicted molar refractivity (Wildman–Crippen MR) is 135 cm³/mol. The van der Waals surface area contributed by atoms with Gasteiger partial charge in [-0.05, 0) is 32.1 Å². The minimum atomic E-state index is -1.47. The summed E-state index contributed by atoms with van der Waals surface area (Å²) in [6, 6.07) is -4.79. The summed E-state index contributed by atoms with van der Waals surface area (Å²) in [6.45, 7) is 5.12. The first-order valence-corrected chi connectivity index (χ1v) is 11.9. The molecule has 15 heteroatoms. The third kappa shape index (κ3) is 11.7. The fourth-order valence-electron chi connectivity index (χ4n) is 3.39. The van der Waals surface area contributed by atoms with E-state index in [4.69, 9.17) is 17.2 Å². The van der Waals surface area contributed by atoms with Crippen molar-refractivity contribution in [3.63, 3.8) is 0 Å². The maximum absolute atomic E-state index is 13.0. The number of hydrogen-bond acceptors (Lipinski definition) is 8. The van der Waals surface area contributed by atoms with Crippen molar-refractivity contribution in [2.45, 2.75) is 76.7 Å². The molecule has 5 unspecified atom stereocenters. The van der Waals surface area contributed by atoms with Gasteiger partial charge in [0.1, 0.15) is 18.1 Å². The fourth-order valence-corrected chi connectivity index (χ4v) is 3.39. The number of nitrogens with zero attached hydrogens (tertiary/aromatic N) is 2. The smallest absolute Gasteiger partial charge is 0.326 e. The Morgan fingerprint density at radius 1 is 1.05 bits per heavy atom. The number of aliphatic hydroxyl groups excluding tert-OH is 1. The highest BCUT2D eigenvalue weighted by Gasteiger charge is 2.33. The number of carbonyl (C=O) groups excluding carboxylic acids is 3. The first kappa shape index (κ1) is 31.3. The average molecular weight is 526 g/mol. The van der Waals surface area contributed by atoms with Gasteiger partial charge in [0.05, 0.1) is 18.5 Å². The maximum Gasteiger partial charge on any atom is 0.326 e. The molecule has 1 rings (SSSR count). The summed E-state index contributed by atoms with van der Waals surface area (Å²) in [5, 5.41) is 26.9. The molecule has 0 saturated heterocycles. The number of carbonyl (C=O) groups is 4. The molecule has 1 aromatic rings. The van der Waals surface area contributed by atoms with Gasteiger partial charge >= 0.3 is 5.97 Å². The van der Waals surface area contributed by atoms with E-state index in [1.807, 2.05) is 13.8 Å². The molecule has 0 fully saturated rings. The maximum atomic E-state index is 13.0. The van der Waals surface area contributed by atoms with Crippen LogP contribution in [0.25, 0.3) is 0 Å². The second-order valence-corrected chi connectivity index (χ2v) is 9.15. The van der Waals surface area contributed by atoms with E-state index in [1.54, 1.807) is 0 Å². The Balaban J connectivity index is 2.87. The lowest BCUT2D eigenvalue weighted by Gasteiger charge is -2.27. The molecule has 0 aliphatic heterocycles. The summed E-state index contributed by atoms with van der Waals surface area (Å²) in [5.74, 6) is -3.66.